The summed E-state index contributed by atoms with van der Waals surface area (Å²) in [5, 5.41) is 0. The fourth-order valence-electron chi connectivity index (χ4n) is 2.21. The van der Waals surface area contributed by atoms with E-state index in [1.54, 1.807) is 6.07 Å². The zero-order chi connectivity index (χ0) is 13.2. The Balaban J connectivity index is 1.83. The lowest BCUT2D eigenvalue weighted by atomic mass is 10.2. The third kappa shape index (κ3) is 2.84. The average Bonchev–Trinajstić information content (AvgIpc) is 3.22. The van der Waals surface area contributed by atoms with E-state index >= 15 is 0 Å². The summed E-state index contributed by atoms with van der Waals surface area (Å²) in [5.41, 5.74) is 7.72. The molecule has 2 aromatic rings. The van der Waals surface area contributed by atoms with Gasteiger partial charge in [-0.1, -0.05) is 12.1 Å². The molecule has 1 heterocycles. The van der Waals surface area contributed by atoms with E-state index in [0.29, 0.717) is 6.04 Å². The molecule has 1 aromatic carbocycles. The van der Waals surface area contributed by atoms with Crippen molar-refractivity contribution >= 4 is 11.5 Å². The smallest absolute Gasteiger partial charge is 0.141 e. The quantitative estimate of drug-likeness (QED) is 0.856. The zero-order valence-electron chi connectivity index (χ0n) is 10.6. The zero-order valence-corrected chi connectivity index (χ0v) is 10.6. The van der Waals surface area contributed by atoms with Crippen LogP contribution in [0.15, 0.2) is 42.6 Å². The Kier molecular flexibility index (Phi) is 3.07. The van der Waals surface area contributed by atoms with Gasteiger partial charge in [-0.15, -0.1) is 0 Å². The molecule has 1 aromatic heterocycles. The third-order valence-electron chi connectivity index (χ3n) is 3.30. The largest absolute Gasteiger partial charge is 0.399 e. The van der Waals surface area contributed by atoms with Crippen LogP contribution in [0.2, 0.25) is 0 Å². The first-order chi connectivity index (χ1) is 9.22. The maximum Gasteiger partial charge on any atom is 0.141 e. The molecule has 0 aliphatic heterocycles. The van der Waals surface area contributed by atoms with Crippen LogP contribution in [0.4, 0.5) is 15.9 Å². The molecule has 1 aliphatic rings. The minimum absolute atomic E-state index is 0.302. The lowest BCUT2D eigenvalue weighted by molar-refractivity contribution is 0.619. The summed E-state index contributed by atoms with van der Waals surface area (Å²) in [5.74, 6) is 0.523. The van der Waals surface area contributed by atoms with Crippen molar-refractivity contribution in [2.75, 3.05) is 10.6 Å². The first-order valence-corrected chi connectivity index (χ1v) is 6.45. The van der Waals surface area contributed by atoms with Crippen LogP contribution in [0.3, 0.4) is 0 Å². The number of anilines is 2. The van der Waals surface area contributed by atoms with E-state index in [0.717, 1.165) is 23.6 Å². The van der Waals surface area contributed by atoms with Crippen molar-refractivity contribution in [2.45, 2.75) is 25.4 Å². The van der Waals surface area contributed by atoms with E-state index in [2.05, 4.69) is 16.0 Å². The van der Waals surface area contributed by atoms with Crippen molar-refractivity contribution in [3.8, 4) is 0 Å². The second-order valence-corrected chi connectivity index (χ2v) is 4.94. The number of halogens is 1. The summed E-state index contributed by atoms with van der Waals surface area (Å²) < 4.78 is 12.9. The van der Waals surface area contributed by atoms with Crippen molar-refractivity contribution in [2.24, 2.45) is 0 Å². The maximum atomic E-state index is 12.9. The Hall–Kier alpha value is -2.10. The Morgan fingerprint density at radius 1 is 1.26 bits per heavy atom. The summed E-state index contributed by atoms with van der Waals surface area (Å²) in [4.78, 5) is 6.39. The van der Waals surface area contributed by atoms with Gasteiger partial charge in [0, 0.05) is 18.3 Å². The van der Waals surface area contributed by atoms with Gasteiger partial charge in [-0.3, -0.25) is 0 Å². The molecular formula is C15H16FN3. The molecule has 0 unspecified atom stereocenters. The van der Waals surface area contributed by atoms with Gasteiger partial charge in [-0.2, -0.15) is 0 Å². The van der Waals surface area contributed by atoms with Crippen molar-refractivity contribution in [1.29, 1.82) is 0 Å². The second kappa shape index (κ2) is 4.88. The van der Waals surface area contributed by atoms with Crippen LogP contribution in [0.25, 0.3) is 0 Å². The van der Waals surface area contributed by atoms with Crippen LogP contribution in [0.1, 0.15) is 18.4 Å². The number of hydrogen-bond acceptors (Lipinski definition) is 3. The van der Waals surface area contributed by atoms with Gasteiger partial charge in [0.2, 0.25) is 0 Å². The molecule has 0 spiro atoms. The molecule has 0 bridgehead atoms. The molecule has 3 nitrogen and oxygen atoms in total. The molecule has 4 heteroatoms. The number of nitrogens with two attached hydrogens (primary N) is 1. The highest BCUT2D eigenvalue weighted by Crippen LogP contribution is 2.32. The van der Waals surface area contributed by atoms with Crippen molar-refractivity contribution in [1.82, 2.24) is 4.98 Å². The molecule has 0 amide bonds. The van der Waals surface area contributed by atoms with Crippen LogP contribution in [-0.2, 0) is 6.54 Å². The van der Waals surface area contributed by atoms with Crippen molar-refractivity contribution in [3.63, 3.8) is 0 Å². The van der Waals surface area contributed by atoms with Crippen LogP contribution >= 0.6 is 0 Å². The molecule has 19 heavy (non-hydrogen) atoms. The second-order valence-electron chi connectivity index (χ2n) is 4.94. The first kappa shape index (κ1) is 12.0. The molecule has 1 fully saturated rings. The van der Waals surface area contributed by atoms with Crippen molar-refractivity contribution in [3.05, 3.63) is 54.0 Å². The van der Waals surface area contributed by atoms with E-state index < -0.39 is 0 Å². The highest BCUT2D eigenvalue weighted by molar-refractivity contribution is 5.45. The number of aromatic nitrogens is 1. The molecule has 0 saturated heterocycles. The lowest BCUT2D eigenvalue weighted by Gasteiger charge is -2.23. The molecule has 0 radical (unpaired) electrons. The van der Waals surface area contributed by atoms with Gasteiger partial charge in [0.15, 0.2) is 0 Å². The summed E-state index contributed by atoms with van der Waals surface area (Å²) >= 11 is 0. The van der Waals surface area contributed by atoms with E-state index in [1.165, 1.54) is 25.1 Å². The Morgan fingerprint density at radius 3 is 2.74 bits per heavy atom. The normalized spacial score (nSPS) is 14.4. The summed E-state index contributed by atoms with van der Waals surface area (Å²) in [6.45, 7) is 0.758. The summed E-state index contributed by atoms with van der Waals surface area (Å²) in [6, 6.07) is 11.6. The summed E-state index contributed by atoms with van der Waals surface area (Å²) in [6.07, 6.45) is 3.60. The Labute approximate surface area is 111 Å². The van der Waals surface area contributed by atoms with Gasteiger partial charge in [0.25, 0.3) is 0 Å². The predicted molar refractivity (Wildman–Crippen MR) is 74.3 cm³/mol. The SMILES string of the molecule is Nc1cccc(CN(c2ccc(F)cn2)C2CC2)c1. The van der Waals surface area contributed by atoms with Crippen LogP contribution in [0.5, 0.6) is 0 Å². The third-order valence-corrected chi connectivity index (χ3v) is 3.30. The van der Waals surface area contributed by atoms with E-state index in [4.69, 9.17) is 5.73 Å². The van der Waals surface area contributed by atoms with Gasteiger partial charge in [0.05, 0.1) is 6.20 Å². The number of hydrogen-bond donors (Lipinski definition) is 1. The fraction of sp³-hybridized carbons (Fsp3) is 0.267. The highest BCUT2D eigenvalue weighted by Gasteiger charge is 2.30. The molecule has 1 aliphatic carbocycles. The van der Waals surface area contributed by atoms with Gasteiger partial charge in [-0.25, -0.2) is 9.37 Å². The van der Waals surface area contributed by atoms with Crippen LogP contribution in [-0.4, -0.2) is 11.0 Å². The lowest BCUT2D eigenvalue weighted by Crippen LogP contribution is -2.26. The monoisotopic (exact) mass is 257 g/mol. The molecule has 98 valence electrons. The fourth-order valence-corrected chi connectivity index (χ4v) is 2.21. The van der Waals surface area contributed by atoms with E-state index in [9.17, 15) is 4.39 Å². The summed E-state index contributed by atoms with van der Waals surface area (Å²) in [7, 11) is 0. The highest BCUT2D eigenvalue weighted by atomic mass is 19.1. The average molecular weight is 257 g/mol. The van der Waals surface area contributed by atoms with Crippen molar-refractivity contribution < 1.29 is 4.39 Å². The number of nitrogen functional groups attached to an aromatic ring is 1. The molecule has 2 N–H and O–H groups in total. The van der Waals surface area contributed by atoms with Gasteiger partial charge < -0.3 is 10.6 Å². The standard InChI is InChI=1S/C15H16FN3/c16-12-4-7-15(18-9-12)19(14-5-6-14)10-11-2-1-3-13(17)8-11/h1-4,7-9,14H,5-6,10,17H2. The number of rotatable bonds is 4. The van der Waals surface area contributed by atoms with Gasteiger partial charge in [-0.05, 0) is 42.7 Å². The van der Waals surface area contributed by atoms with Gasteiger partial charge in [0.1, 0.15) is 11.6 Å². The first-order valence-electron chi connectivity index (χ1n) is 6.45. The van der Waals surface area contributed by atoms with Crippen LogP contribution < -0.4 is 10.6 Å². The maximum absolute atomic E-state index is 12.9. The topological polar surface area (TPSA) is 42.1 Å². The molecule has 1 saturated carbocycles. The van der Waals surface area contributed by atoms with E-state index in [-0.39, 0.29) is 5.82 Å². The molecule has 0 atom stereocenters. The predicted octanol–water partition coefficient (Wildman–Crippen LogP) is 2.97. The molecular weight excluding hydrogens is 241 g/mol. The minimum Gasteiger partial charge on any atom is -0.399 e. The Morgan fingerprint density at radius 2 is 2.11 bits per heavy atom. The molecule has 3 rings (SSSR count). The van der Waals surface area contributed by atoms with Crippen LogP contribution in [0, 0.1) is 5.82 Å². The Bertz CT molecular complexity index is 564. The van der Waals surface area contributed by atoms with Gasteiger partial charge >= 0.3 is 0 Å². The number of benzene rings is 1. The number of nitrogens with zero attached hydrogens (tertiary/aromatic N) is 2. The minimum atomic E-state index is -0.302. The van der Waals surface area contributed by atoms with E-state index in [1.807, 2.05) is 18.2 Å². The number of pyridine rings is 1.